The van der Waals surface area contributed by atoms with E-state index in [4.69, 9.17) is 5.73 Å². The number of amides is 1. The maximum Gasteiger partial charge on any atom is 0.586 e. The highest BCUT2D eigenvalue weighted by molar-refractivity contribution is 6.01. The summed E-state index contributed by atoms with van der Waals surface area (Å²) >= 11 is 0. The predicted molar refractivity (Wildman–Crippen MR) is 111 cm³/mol. The Morgan fingerprint density at radius 1 is 1.13 bits per heavy atom. The number of ether oxygens (including phenoxy) is 2. The van der Waals surface area contributed by atoms with E-state index in [2.05, 4.69) is 24.8 Å². The van der Waals surface area contributed by atoms with Crippen molar-refractivity contribution in [2.75, 3.05) is 11.1 Å². The van der Waals surface area contributed by atoms with Crippen LogP contribution in [0.15, 0.2) is 48.7 Å². The zero-order chi connectivity index (χ0) is 21.8. The average Bonchev–Trinajstić information content (AvgIpc) is 3.47. The maximum atomic E-state index is 13.3. The number of aryl methyl sites for hydroxylation is 1. The first-order valence-corrected chi connectivity index (χ1v) is 9.67. The van der Waals surface area contributed by atoms with E-state index >= 15 is 0 Å². The summed E-state index contributed by atoms with van der Waals surface area (Å²) < 4.78 is 35.6. The van der Waals surface area contributed by atoms with Gasteiger partial charge in [-0.2, -0.15) is 0 Å². The number of hydrogen-bond donors (Lipinski definition) is 2. The third-order valence-corrected chi connectivity index (χ3v) is 5.54. The minimum atomic E-state index is -3.70. The lowest BCUT2D eigenvalue weighted by molar-refractivity contribution is -0.286. The molecule has 3 N–H and O–H groups in total. The third kappa shape index (κ3) is 3.41. The van der Waals surface area contributed by atoms with Gasteiger partial charge in [-0.25, -0.2) is 9.97 Å². The lowest BCUT2D eigenvalue weighted by Gasteiger charge is -2.16. The minimum absolute atomic E-state index is 0. The molecule has 1 aliphatic carbocycles. The lowest BCUT2D eigenvalue weighted by Crippen LogP contribution is -2.28. The van der Waals surface area contributed by atoms with E-state index in [0.29, 0.717) is 35.7 Å². The van der Waals surface area contributed by atoms with Gasteiger partial charge in [0.2, 0.25) is 5.91 Å². The van der Waals surface area contributed by atoms with E-state index in [1.807, 2.05) is 19.1 Å². The number of nitrogens with one attached hydrogen (secondary N) is 1. The van der Waals surface area contributed by atoms with Gasteiger partial charge in [-0.15, -0.1) is 8.78 Å². The van der Waals surface area contributed by atoms with Gasteiger partial charge >= 0.3 is 6.29 Å². The number of halogens is 2. The molecule has 1 saturated carbocycles. The number of carbonyl (C=O) groups excluding carboxylic acids is 1. The largest absolute Gasteiger partial charge is 0.586 e. The summed E-state index contributed by atoms with van der Waals surface area (Å²) in [7, 11) is 0. The first kappa shape index (κ1) is 19.2. The van der Waals surface area contributed by atoms with Crippen LogP contribution in [0.2, 0.25) is 0 Å². The first-order chi connectivity index (χ1) is 14.8. The van der Waals surface area contributed by atoms with E-state index in [-0.39, 0.29) is 18.8 Å². The molecule has 5 rings (SSSR count). The third-order valence-electron chi connectivity index (χ3n) is 5.54. The Kier molecular flexibility index (Phi) is 4.11. The van der Waals surface area contributed by atoms with E-state index in [1.54, 1.807) is 24.4 Å². The van der Waals surface area contributed by atoms with Crippen molar-refractivity contribution in [2.45, 2.75) is 31.5 Å². The Bertz CT molecular complexity index is 1200. The highest BCUT2D eigenvalue weighted by Crippen LogP contribution is 2.52. The Balaban J connectivity index is 0.00000245. The summed E-state index contributed by atoms with van der Waals surface area (Å²) in [4.78, 5) is 21.8. The summed E-state index contributed by atoms with van der Waals surface area (Å²) in [5.74, 6) is 0.417. The number of nitrogen functional groups attached to an aromatic ring is 1. The van der Waals surface area contributed by atoms with Crippen LogP contribution in [-0.4, -0.2) is 22.2 Å². The Morgan fingerprint density at radius 3 is 2.61 bits per heavy atom. The molecule has 2 aliphatic rings. The monoisotopic (exact) mass is 426 g/mol. The zero-order valence-corrected chi connectivity index (χ0v) is 16.5. The van der Waals surface area contributed by atoms with E-state index in [0.717, 1.165) is 11.1 Å². The average molecular weight is 426 g/mol. The van der Waals surface area contributed by atoms with Crippen LogP contribution < -0.4 is 20.5 Å². The van der Waals surface area contributed by atoms with Gasteiger partial charge in [-0.05, 0) is 61.2 Å². The van der Waals surface area contributed by atoms with Crippen LogP contribution in [0.1, 0.15) is 25.4 Å². The number of carbonyl (C=O) groups is 1. The maximum absolute atomic E-state index is 13.3. The van der Waals surface area contributed by atoms with Crippen molar-refractivity contribution in [1.29, 1.82) is 0 Å². The Labute approximate surface area is 177 Å². The molecule has 3 aromatic rings. The van der Waals surface area contributed by atoms with Gasteiger partial charge in [-0.1, -0.05) is 12.1 Å². The summed E-state index contributed by atoms with van der Waals surface area (Å²) in [6.07, 6.45) is -0.884. The molecule has 1 aromatic carbocycles. The van der Waals surface area contributed by atoms with Crippen LogP contribution in [0.4, 0.5) is 20.4 Å². The number of nitrogens with zero attached hydrogens (tertiary/aromatic N) is 2. The molecule has 0 atom stereocenters. The van der Waals surface area contributed by atoms with Crippen LogP contribution in [0.3, 0.4) is 0 Å². The van der Waals surface area contributed by atoms with Gasteiger partial charge in [-0.3, -0.25) is 4.79 Å². The normalized spacial score (nSPS) is 17.3. The zero-order valence-electron chi connectivity index (χ0n) is 16.5. The molecule has 1 fully saturated rings. The summed E-state index contributed by atoms with van der Waals surface area (Å²) in [5.41, 5.74) is 7.81. The highest BCUT2D eigenvalue weighted by atomic mass is 19.3. The quantitative estimate of drug-likeness (QED) is 0.646. The molecule has 0 saturated heterocycles. The second-order valence-corrected chi connectivity index (χ2v) is 7.70. The standard InChI is InChI=1S/C22H18F2N4O3.H2/c1-12-2-7-18(27-19(12)13-3-6-17(25)26-11-13)28-20(29)21(8-9-21)14-4-5-15-16(10-14)31-22(23,24)30-15;/h2-7,10-11H,8-9H2,1H3,(H2,25,26)(H,27,28,29);1H. The fraction of sp³-hybridized carbons (Fsp3) is 0.227. The van der Waals surface area contributed by atoms with Crippen molar-refractivity contribution < 1.29 is 24.5 Å². The number of benzene rings is 1. The Morgan fingerprint density at radius 2 is 1.90 bits per heavy atom. The van der Waals surface area contributed by atoms with Gasteiger partial charge in [0.15, 0.2) is 11.5 Å². The minimum Gasteiger partial charge on any atom is -0.395 e. The number of pyridine rings is 2. The summed E-state index contributed by atoms with van der Waals surface area (Å²) in [5, 5.41) is 2.86. The van der Waals surface area contributed by atoms with Crippen molar-refractivity contribution >= 4 is 17.5 Å². The number of aromatic nitrogens is 2. The lowest BCUT2D eigenvalue weighted by atomic mass is 9.94. The molecule has 7 nitrogen and oxygen atoms in total. The van der Waals surface area contributed by atoms with E-state index < -0.39 is 11.7 Å². The smallest absolute Gasteiger partial charge is 0.395 e. The van der Waals surface area contributed by atoms with Crippen molar-refractivity contribution in [2.24, 2.45) is 0 Å². The van der Waals surface area contributed by atoms with Crippen molar-refractivity contribution in [3.05, 3.63) is 59.8 Å². The van der Waals surface area contributed by atoms with Gasteiger partial charge < -0.3 is 20.5 Å². The number of rotatable bonds is 4. The SMILES string of the molecule is Cc1ccc(NC(=O)C2(c3ccc4c(c3)OC(F)(F)O4)CC2)nc1-c1ccc(N)nc1.[HH]. The molecule has 31 heavy (non-hydrogen) atoms. The topological polar surface area (TPSA) is 99.4 Å². The summed E-state index contributed by atoms with van der Waals surface area (Å²) in [6, 6.07) is 11.5. The first-order valence-electron chi connectivity index (χ1n) is 9.67. The van der Waals surface area contributed by atoms with Gasteiger partial charge in [0.25, 0.3) is 0 Å². The molecule has 160 valence electrons. The molecule has 0 bridgehead atoms. The second kappa shape index (κ2) is 6.63. The summed E-state index contributed by atoms with van der Waals surface area (Å²) in [6.45, 7) is 1.91. The van der Waals surface area contributed by atoms with Crippen LogP contribution in [-0.2, 0) is 10.2 Å². The molecule has 0 unspecified atom stereocenters. The van der Waals surface area contributed by atoms with E-state index in [1.165, 1.54) is 12.1 Å². The fourth-order valence-electron chi connectivity index (χ4n) is 3.69. The molecule has 0 radical (unpaired) electrons. The number of nitrogens with two attached hydrogens (primary N) is 1. The van der Waals surface area contributed by atoms with Crippen LogP contribution >= 0.6 is 0 Å². The number of hydrogen-bond acceptors (Lipinski definition) is 6. The molecular formula is C22H20F2N4O3. The molecule has 1 aliphatic heterocycles. The molecule has 0 spiro atoms. The molecule has 2 aromatic heterocycles. The van der Waals surface area contributed by atoms with Crippen LogP contribution in [0.25, 0.3) is 11.3 Å². The van der Waals surface area contributed by atoms with Gasteiger partial charge in [0, 0.05) is 13.2 Å². The molecular weight excluding hydrogens is 406 g/mol. The number of fused-ring (bicyclic) bond motifs is 1. The molecule has 3 heterocycles. The number of anilines is 2. The van der Waals surface area contributed by atoms with Crippen LogP contribution in [0.5, 0.6) is 11.5 Å². The second-order valence-electron chi connectivity index (χ2n) is 7.70. The highest BCUT2D eigenvalue weighted by Gasteiger charge is 2.53. The van der Waals surface area contributed by atoms with Crippen molar-refractivity contribution in [3.63, 3.8) is 0 Å². The van der Waals surface area contributed by atoms with E-state index in [9.17, 15) is 13.6 Å². The predicted octanol–water partition coefficient (Wildman–Crippen LogP) is 4.27. The van der Waals surface area contributed by atoms with Crippen LogP contribution in [0, 0.1) is 6.92 Å². The Hall–Kier alpha value is -3.75. The molecule has 1 amide bonds. The fourth-order valence-corrected chi connectivity index (χ4v) is 3.69. The van der Waals surface area contributed by atoms with Crippen molar-refractivity contribution in [1.82, 2.24) is 9.97 Å². The number of alkyl halides is 2. The van der Waals surface area contributed by atoms with Crippen molar-refractivity contribution in [3.8, 4) is 22.8 Å². The van der Waals surface area contributed by atoms with Gasteiger partial charge in [0.05, 0.1) is 11.1 Å². The molecule has 9 heteroatoms. The van der Waals surface area contributed by atoms with Gasteiger partial charge in [0.1, 0.15) is 11.6 Å².